The maximum atomic E-state index is 10.4. The summed E-state index contributed by atoms with van der Waals surface area (Å²) in [6.45, 7) is 0.294. The van der Waals surface area contributed by atoms with E-state index in [1.807, 2.05) is 21.4 Å². The Balaban J connectivity index is 2.53. The zero-order valence-electron chi connectivity index (χ0n) is 6.49. The lowest BCUT2D eigenvalue weighted by atomic mass is 10.2. The van der Waals surface area contributed by atoms with E-state index in [2.05, 4.69) is 0 Å². The van der Waals surface area contributed by atoms with Gasteiger partial charge in [-0.3, -0.25) is 0 Å². The number of anilines is 1. The van der Waals surface area contributed by atoms with Crippen molar-refractivity contribution in [2.24, 2.45) is 0 Å². The second kappa shape index (κ2) is 4.07. The highest BCUT2D eigenvalue weighted by Gasteiger charge is 1.94. The first-order valence-electron chi connectivity index (χ1n) is 3.45. The minimum Gasteiger partial charge on any atom is -0.458 e. The maximum Gasteiger partial charge on any atom is 0.320 e. The molecule has 0 amide bonds. The lowest BCUT2D eigenvalue weighted by Gasteiger charge is -2.01. The molecule has 0 aliphatic rings. The maximum absolute atomic E-state index is 10.4. The minimum absolute atomic E-state index is 0.294. The Morgan fingerprint density at radius 2 is 2.00 bits per heavy atom. The van der Waals surface area contributed by atoms with Gasteiger partial charge in [0.2, 0.25) is 0 Å². The Kier molecular flexibility index (Phi) is 3.06. The molecule has 4 heteroatoms. The smallest absolute Gasteiger partial charge is 0.320 e. The van der Waals surface area contributed by atoms with Crippen LogP contribution in [0.1, 0.15) is 5.56 Å². The van der Waals surface area contributed by atoms with E-state index in [1.165, 1.54) is 0 Å². The van der Waals surface area contributed by atoms with Crippen LogP contribution >= 0.6 is 9.24 Å². The van der Waals surface area contributed by atoms with Crippen molar-refractivity contribution in [2.45, 2.75) is 6.61 Å². The van der Waals surface area contributed by atoms with Crippen LogP contribution in [0.5, 0.6) is 0 Å². The van der Waals surface area contributed by atoms with Gasteiger partial charge in [-0.15, -0.1) is 0 Å². The van der Waals surface area contributed by atoms with E-state index in [-0.39, 0.29) is 5.71 Å². The molecule has 0 saturated carbocycles. The Morgan fingerprint density at radius 1 is 1.42 bits per heavy atom. The second-order valence-corrected chi connectivity index (χ2v) is 2.82. The van der Waals surface area contributed by atoms with Gasteiger partial charge in [-0.1, -0.05) is 12.1 Å². The van der Waals surface area contributed by atoms with Crippen LogP contribution in [-0.4, -0.2) is 5.71 Å². The molecule has 0 fully saturated rings. The van der Waals surface area contributed by atoms with Crippen LogP contribution in [0.3, 0.4) is 0 Å². The zero-order chi connectivity index (χ0) is 8.97. The molecule has 12 heavy (non-hydrogen) atoms. The van der Waals surface area contributed by atoms with Crippen molar-refractivity contribution in [3.05, 3.63) is 29.8 Å². The minimum atomic E-state index is -0.355. The molecule has 1 aromatic carbocycles. The fourth-order valence-corrected chi connectivity index (χ4v) is 0.852. The van der Waals surface area contributed by atoms with Gasteiger partial charge in [0.15, 0.2) is 0 Å². The predicted molar refractivity (Wildman–Crippen MR) is 50.7 cm³/mol. The number of hydrogen-bond acceptors (Lipinski definition) is 3. The second-order valence-electron chi connectivity index (χ2n) is 2.35. The summed E-state index contributed by atoms with van der Waals surface area (Å²) < 4.78 is 4.75. The predicted octanol–water partition coefficient (Wildman–Crippen LogP) is 1.78. The van der Waals surface area contributed by atoms with Crippen LogP contribution in [-0.2, 0) is 11.3 Å². The number of benzene rings is 1. The Hall–Kier alpha value is -1.08. The lowest BCUT2D eigenvalue weighted by Crippen LogP contribution is -1.94. The van der Waals surface area contributed by atoms with E-state index in [0.29, 0.717) is 12.3 Å². The van der Waals surface area contributed by atoms with Crippen molar-refractivity contribution in [1.29, 1.82) is 0 Å². The van der Waals surface area contributed by atoms with Gasteiger partial charge in [-0.2, -0.15) is 0 Å². The first kappa shape index (κ1) is 9.01. The fourth-order valence-electron chi connectivity index (χ4n) is 0.768. The van der Waals surface area contributed by atoms with Gasteiger partial charge < -0.3 is 10.5 Å². The molecule has 0 saturated heterocycles. The van der Waals surface area contributed by atoms with Gasteiger partial charge in [0.05, 0.1) is 0 Å². The molecule has 64 valence electrons. The normalized spacial score (nSPS) is 9.42. The van der Waals surface area contributed by atoms with Gasteiger partial charge >= 0.3 is 5.71 Å². The number of rotatable bonds is 2. The van der Waals surface area contributed by atoms with E-state index in [0.717, 1.165) is 5.56 Å². The van der Waals surface area contributed by atoms with E-state index in [9.17, 15) is 4.79 Å². The highest BCUT2D eigenvalue weighted by atomic mass is 31.0. The van der Waals surface area contributed by atoms with Crippen LogP contribution in [0.2, 0.25) is 0 Å². The van der Waals surface area contributed by atoms with Crippen molar-refractivity contribution >= 4 is 20.6 Å². The summed E-state index contributed by atoms with van der Waals surface area (Å²) >= 11 is 0. The summed E-state index contributed by atoms with van der Waals surface area (Å²) in [4.78, 5) is 10.4. The summed E-state index contributed by atoms with van der Waals surface area (Å²) in [7, 11) is 1.95. The number of nitrogens with two attached hydrogens (primary N) is 1. The summed E-state index contributed by atoms with van der Waals surface area (Å²) in [6.07, 6.45) is 0. The fraction of sp³-hybridized carbons (Fsp3) is 0.125. The van der Waals surface area contributed by atoms with Crippen LogP contribution in [0.4, 0.5) is 10.5 Å². The highest BCUT2D eigenvalue weighted by Crippen LogP contribution is 2.07. The molecule has 0 radical (unpaired) electrons. The molecule has 1 aromatic rings. The Labute approximate surface area is 73.1 Å². The van der Waals surface area contributed by atoms with Gasteiger partial charge in [-0.05, 0) is 26.9 Å². The molecule has 0 spiro atoms. The van der Waals surface area contributed by atoms with Crippen molar-refractivity contribution < 1.29 is 9.53 Å². The molecule has 1 unspecified atom stereocenters. The molecule has 2 N–H and O–H groups in total. The molecule has 0 bridgehead atoms. The monoisotopic (exact) mass is 183 g/mol. The standard InChI is InChI=1S/C8H10NO2P/c9-7-3-1-6(2-4-7)5-11-8(10)12/h1-4H,5,9,12H2. The van der Waals surface area contributed by atoms with Crippen molar-refractivity contribution in [2.75, 3.05) is 5.73 Å². The zero-order valence-corrected chi connectivity index (χ0v) is 7.64. The highest BCUT2D eigenvalue weighted by molar-refractivity contribution is 7.39. The molecular weight excluding hydrogens is 173 g/mol. The summed E-state index contributed by atoms with van der Waals surface area (Å²) in [5.41, 5.74) is 6.75. The summed E-state index contributed by atoms with van der Waals surface area (Å²) in [5.74, 6) is 0. The van der Waals surface area contributed by atoms with Gasteiger partial charge in [0.1, 0.15) is 6.61 Å². The summed E-state index contributed by atoms with van der Waals surface area (Å²) in [6, 6.07) is 7.18. The largest absolute Gasteiger partial charge is 0.458 e. The summed E-state index contributed by atoms with van der Waals surface area (Å²) in [5, 5.41) is 0. The Morgan fingerprint density at radius 3 is 2.50 bits per heavy atom. The van der Waals surface area contributed by atoms with Crippen LogP contribution < -0.4 is 5.73 Å². The third-order valence-electron chi connectivity index (χ3n) is 1.36. The molecule has 3 nitrogen and oxygen atoms in total. The third-order valence-corrected chi connectivity index (χ3v) is 1.53. The number of carbonyl (C=O) groups is 1. The SMILES string of the molecule is Nc1ccc(COC(=O)P)cc1. The molecule has 0 aliphatic carbocycles. The Bertz CT molecular complexity index is 271. The van der Waals surface area contributed by atoms with Crippen LogP contribution in [0.25, 0.3) is 0 Å². The molecule has 0 heterocycles. The van der Waals surface area contributed by atoms with Crippen molar-refractivity contribution in [1.82, 2.24) is 0 Å². The van der Waals surface area contributed by atoms with Crippen LogP contribution in [0.15, 0.2) is 24.3 Å². The lowest BCUT2D eigenvalue weighted by molar-refractivity contribution is 0.168. The van der Waals surface area contributed by atoms with Crippen molar-refractivity contribution in [3.8, 4) is 0 Å². The number of carbonyl (C=O) groups excluding carboxylic acids is 1. The molecular formula is C8H10NO2P. The first-order chi connectivity index (χ1) is 5.68. The van der Waals surface area contributed by atoms with E-state index < -0.39 is 0 Å². The average Bonchev–Trinajstić information content (AvgIpc) is 2.03. The molecule has 0 aromatic heterocycles. The third kappa shape index (κ3) is 2.89. The van der Waals surface area contributed by atoms with Gasteiger partial charge in [0.25, 0.3) is 0 Å². The number of hydrogen-bond donors (Lipinski definition) is 1. The quantitative estimate of drug-likeness (QED) is 0.561. The van der Waals surface area contributed by atoms with E-state index in [4.69, 9.17) is 10.5 Å². The van der Waals surface area contributed by atoms with Crippen LogP contribution in [0, 0.1) is 0 Å². The molecule has 0 aliphatic heterocycles. The van der Waals surface area contributed by atoms with Gasteiger partial charge in [0, 0.05) is 5.69 Å². The number of ether oxygens (including phenoxy) is 1. The number of nitrogen functional groups attached to an aromatic ring is 1. The molecule has 1 atom stereocenters. The topological polar surface area (TPSA) is 52.3 Å². The molecule has 1 rings (SSSR count). The van der Waals surface area contributed by atoms with Gasteiger partial charge in [-0.25, -0.2) is 4.79 Å². The van der Waals surface area contributed by atoms with E-state index in [1.54, 1.807) is 12.1 Å². The first-order valence-corrected chi connectivity index (χ1v) is 4.03. The van der Waals surface area contributed by atoms with E-state index >= 15 is 0 Å². The van der Waals surface area contributed by atoms with Crippen molar-refractivity contribution in [3.63, 3.8) is 0 Å². The average molecular weight is 183 g/mol.